The molecule has 10 aromatic rings. The van der Waals surface area contributed by atoms with Gasteiger partial charge in [0, 0.05) is 31.7 Å². The van der Waals surface area contributed by atoms with Gasteiger partial charge in [-0.05, 0) is 92.0 Å². The molecule has 1 aromatic heterocycles. The molecule has 3 aliphatic rings. The van der Waals surface area contributed by atoms with Gasteiger partial charge in [-0.1, -0.05) is 176 Å². The van der Waals surface area contributed by atoms with Crippen LogP contribution in [0.25, 0.3) is 66.4 Å². The Labute approximate surface area is 340 Å². The van der Waals surface area contributed by atoms with E-state index in [1.165, 1.54) is 93.6 Å². The molecule has 0 fully saturated rings. The molecule has 0 amide bonds. The van der Waals surface area contributed by atoms with Crippen molar-refractivity contribution in [1.29, 1.82) is 0 Å². The van der Waals surface area contributed by atoms with E-state index in [0.29, 0.717) is 0 Å². The predicted octanol–water partition coefficient (Wildman–Crippen LogP) is 15.2. The number of hydrogen-bond donors (Lipinski definition) is 0. The first kappa shape index (κ1) is 32.1. The number of para-hydroxylation sites is 1. The van der Waals surface area contributed by atoms with Gasteiger partial charge >= 0.3 is 0 Å². The van der Waals surface area contributed by atoms with E-state index in [2.05, 4.69) is 205 Å². The van der Waals surface area contributed by atoms with Gasteiger partial charge in [-0.15, -0.1) is 0 Å². The largest absolute Gasteiger partial charge is 0.455 e. The molecule has 0 saturated carbocycles. The first-order valence-corrected chi connectivity index (χ1v) is 20.7. The summed E-state index contributed by atoms with van der Waals surface area (Å²) in [6, 6.07) is 73.6. The third-order valence-corrected chi connectivity index (χ3v) is 13.8. The Morgan fingerprint density at radius 2 is 0.931 bits per heavy atom. The Balaban J connectivity index is 1.09. The van der Waals surface area contributed by atoms with E-state index in [9.17, 15) is 0 Å². The van der Waals surface area contributed by atoms with Gasteiger partial charge in [0.25, 0.3) is 0 Å². The topological polar surface area (TPSA) is 16.4 Å². The summed E-state index contributed by atoms with van der Waals surface area (Å²) in [5.41, 5.74) is 20.0. The minimum Gasteiger partial charge on any atom is -0.455 e. The Bertz CT molecular complexity index is 3240. The first-order valence-electron chi connectivity index (χ1n) is 19.9. The van der Waals surface area contributed by atoms with Gasteiger partial charge in [-0.25, -0.2) is 0 Å². The molecule has 1 aliphatic heterocycles. The fraction of sp³-hybridized carbons (Fsp3) is 0.0182. The minimum absolute atomic E-state index is 0.522. The van der Waals surface area contributed by atoms with Crippen molar-refractivity contribution < 1.29 is 4.42 Å². The van der Waals surface area contributed by atoms with Gasteiger partial charge in [-0.2, -0.15) is 0 Å². The number of hydrogen-bond acceptors (Lipinski definition) is 3. The zero-order valence-electron chi connectivity index (χ0n) is 31.3. The Morgan fingerprint density at radius 1 is 0.379 bits per heavy atom. The highest BCUT2D eigenvalue weighted by atomic mass is 32.2. The average molecular weight is 756 g/mol. The number of fused-ring (bicyclic) bond motifs is 16. The van der Waals surface area contributed by atoms with Crippen LogP contribution in [-0.2, 0) is 5.41 Å². The van der Waals surface area contributed by atoms with Crippen molar-refractivity contribution in [3.63, 3.8) is 0 Å². The van der Waals surface area contributed by atoms with E-state index in [0.717, 1.165) is 21.9 Å². The van der Waals surface area contributed by atoms with Gasteiger partial charge < -0.3 is 9.32 Å². The van der Waals surface area contributed by atoms with Crippen molar-refractivity contribution in [2.45, 2.75) is 15.2 Å². The first-order chi connectivity index (χ1) is 28.8. The van der Waals surface area contributed by atoms with E-state index in [1.54, 1.807) is 0 Å². The van der Waals surface area contributed by atoms with Crippen LogP contribution in [0.2, 0.25) is 0 Å². The number of anilines is 3. The van der Waals surface area contributed by atoms with E-state index in [1.807, 2.05) is 11.8 Å². The van der Waals surface area contributed by atoms with Crippen LogP contribution >= 0.6 is 11.8 Å². The second-order valence-electron chi connectivity index (χ2n) is 15.5. The van der Waals surface area contributed by atoms with E-state index < -0.39 is 5.41 Å². The maximum Gasteiger partial charge on any atom is 0.143 e. The average Bonchev–Trinajstić information content (AvgIpc) is 3.93. The molecular weight excluding hydrogens is 723 g/mol. The zero-order chi connectivity index (χ0) is 38.0. The van der Waals surface area contributed by atoms with E-state index in [-0.39, 0.29) is 0 Å². The van der Waals surface area contributed by atoms with Gasteiger partial charge in [0.1, 0.15) is 11.2 Å². The fourth-order valence-electron chi connectivity index (χ4n) is 10.3. The summed E-state index contributed by atoms with van der Waals surface area (Å²) in [5.74, 6) is 0. The van der Waals surface area contributed by atoms with Crippen LogP contribution in [0.1, 0.15) is 22.3 Å². The molecule has 3 heteroatoms. The predicted molar refractivity (Wildman–Crippen MR) is 240 cm³/mol. The van der Waals surface area contributed by atoms with Crippen LogP contribution in [0, 0.1) is 0 Å². The van der Waals surface area contributed by atoms with Gasteiger partial charge in [-0.3, -0.25) is 0 Å². The third-order valence-electron chi connectivity index (χ3n) is 12.7. The van der Waals surface area contributed by atoms with Crippen LogP contribution in [0.5, 0.6) is 0 Å². The highest BCUT2D eigenvalue weighted by Gasteiger charge is 2.53. The molecule has 1 unspecified atom stereocenters. The minimum atomic E-state index is -0.522. The smallest absolute Gasteiger partial charge is 0.143 e. The van der Waals surface area contributed by atoms with Crippen LogP contribution in [0.4, 0.5) is 17.1 Å². The standard InChI is InChI=1S/C55H33NOS/c1-3-14-34(15-4-1)36-26-30-46-50(32-36)58-51-33-37(35-16-5-2-6-17-35)27-31-47(51)56(46)48-24-13-23-44-52(48)40-19-7-10-21-42(40)55(44)43-22-11-8-20-41(43)53-45(55)29-28-39-38-18-9-12-25-49(38)57-54(39)53/h1-33H. The normalized spacial score (nSPS) is 15.6. The molecule has 1 spiro atoms. The van der Waals surface area contributed by atoms with Crippen LogP contribution in [0.3, 0.4) is 0 Å². The lowest BCUT2D eigenvalue weighted by Crippen LogP contribution is -2.26. The molecule has 13 rings (SSSR count). The SMILES string of the molecule is c1ccc(-c2ccc3c(c2)Sc2cc(-c4ccccc4)ccc2N3c2cccc3c2-c2ccccc2C32c3ccccc3-c3c2ccc2c3oc3ccccc32)cc1. The second-order valence-corrected chi connectivity index (χ2v) is 16.6. The summed E-state index contributed by atoms with van der Waals surface area (Å²) >= 11 is 1.87. The summed E-state index contributed by atoms with van der Waals surface area (Å²) in [7, 11) is 0. The monoisotopic (exact) mass is 755 g/mol. The lowest BCUT2D eigenvalue weighted by atomic mass is 9.70. The zero-order valence-corrected chi connectivity index (χ0v) is 32.1. The maximum absolute atomic E-state index is 6.80. The molecule has 0 saturated heterocycles. The molecule has 58 heavy (non-hydrogen) atoms. The van der Waals surface area contributed by atoms with Crippen molar-refractivity contribution in [2.24, 2.45) is 0 Å². The lowest BCUT2D eigenvalue weighted by Gasteiger charge is -2.35. The van der Waals surface area contributed by atoms with Gasteiger partial charge in [0.15, 0.2) is 0 Å². The van der Waals surface area contributed by atoms with E-state index >= 15 is 0 Å². The van der Waals surface area contributed by atoms with Crippen LogP contribution in [-0.4, -0.2) is 0 Å². The molecule has 2 aliphatic carbocycles. The quantitative estimate of drug-likeness (QED) is 0.179. The summed E-state index contributed by atoms with van der Waals surface area (Å²) in [6.45, 7) is 0. The Hall–Kier alpha value is -7.07. The molecule has 2 nitrogen and oxygen atoms in total. The summed E-state index contributed by atoms with van der Waals surface area (Å²) in [6.07, 6.45) is 0. The van der Waals surface area contributed by atoms with Crippen molar-refractivity contribution >= 4 is 50.8 Å². The van der Waals surface area contributed by atoms with Gasteiger partial charge in [0.05, 0.1) is 22.5 Å². The summed E-state index contributed by atoms with van der Waals surface area (Å²) < 4.78 is 6.80. The van der Waals surface area contributed by atoms with Crippen LogP contribution < -0.4 is 4.90 Å². The Kier molecular flexibility index (Phi) is 6.62. The van der Waals surface area contributed by atoms with E-state index in [4.69, 9.17) is 4.42 Å². The molecule has 2 heterocycles. The van der Waals surface area contributed by atoms with Crippen molar-refractivity contribution in [1.82, 2.24) is 0 Å². The molecule has 0 radical (unpaired) electrons. The van der Waals surface area contributed by atoms with Crippen LogP contribution in [0.15, 0.2) is 214 Å². The second kappa shape index (κ2) is 12.0. The maximum atomic E-state index is 6.80. The van der Waals surface area contributed by atoms with Crippen molar-refractivity contribution in [2.75, 3.05) is 4.90 Å². The highest BCUT2D eigenvalue weighted by Crippen LogP contribution is 2.66. The highest BCUT2D eigenvalue weighted by molar-refractivity contribution is 7.99. The fourth-order valence-corrected chi connectivity index (χ4v) is 11.4. The molecule has 0 bridgehead atoms. The molecule has 9 aromatic carbocycles. The number of nitrogens with zero attached hydrogens (tertiary/aromatic N) is 1. The molecule has 270 valence electrons. The third kappa shape index (κ3) is 4.23. The molecule has 1 atom stereocenters. The number of benzene rings is 9. The lowest BCUT2D eigenvalue weighted by molar-refractivity contribution is 0.669. The van der Waals surface area contributed by atoms with Gasteiger partial charge in [0.2, 0.25) is 0 Å². The van der Waals surface area contributed by atoms with Crippen molar-refractivity contribution in [3.05, 3.63) is 222 Å². The van der Waals surface area contributed by atoms with Crippen molar-refractivity contribution in [3.8, 4) is 44.5 Å². The summed E-state index contributed by atoms with van der Waals surface area (Å²) in [5, 5.41) is 2.31. The Morgan fingerprint density at radius 3 is 1.60 bits per heavy atom. The molecule has 0 N–H and O–H groups in total. The summed E-state index contributed by atoms with van der Waals surface area (Å²) in [4.78, 5) is 5.01. The number of furan rings is 1. The number of rotatable bonds is 3. The molecular formula is C55H33NOS.